The van der Waals surface area contributed by atoms with E-state index in [0.717, 1.165) is 14.6 Å². The maximum atomic E-state index is 6.06. The molecule has 1 heterocycles. The molecule has 0 aromatic heterocycles. The summed E-state index contributed by atoms with van der Waals surface area (Å²) in [6.07, 6.45) is 0. The van der Waals surface area contributed by atoms with Crippen molar-refractivity contribution >= 4 is 43.5 Å². The van der Waals surface area contributed by atoms with Crippen LogP contribution in [0, 0.1) is 0 Å². The van der Waals surface area contributed by atoms with Crippen LogP contribution < -0.4 is 10.6 Å². The first-order chi connectivity index (χ1) is 9.66. The molecular formula is C15H13Br2N3. The number of hydrogen-bond acceptors (Lipinski definition) is 3. The number of aliphatic imine (C=N–C) groups is 1. The topological polar surface area (TPSA) is 41.6 Å². The summed E-state index contributed by atoms with van der Waals surface area (Å²) >= 11 is 7.05. The fourth-order valence-electron chi connectivity index (χ4n) is 2.37. The number of para-hydroxylation sites is 1. The van der Waals surface area contributed by atoms with Crippen LogP contribution in [0.2, 0.25) is 0 Å². The molecule has 102 valence electrons. The highest BCUT2D eigenvalue weighted by Gasteiger charge is 2.28. The molecule has 2 N–H and O–H groups in total. The second-order valence-electron chi connectivity index (χ2n) is 4.59. The van der Waals surface area contributed by atoms with Gasteiger partial charge in [0.2, 0.25) is 0 Å². The normalized spacial score (nSPS) is 18.2. The fraction of sp³-hybridized carbons (Fsp3) is 0.133. The van der Waals surface area contributed by atoms with Gasteiger partial charge >= 0.3 is 0 Å². The number of halogens is 2. The van der Waals surface area contributed by atoms with Crippen molar-refractivity contribution in [2.75, 3.05) is 11.4 Å². The number of rotatable bonds is 2. The predicted octanol–water partition coefficient (Wildman–Crippen LogP) is 4.09. The average molecular weight is 395 g/mol. The Bertz CT molecular complexity index is 655. The Kier molecular flexibility index (Phi) is 3.81. The van der Waals surface area contributed by atoms with E-state index in [2.05, 4.69) is 66.0 Å². The van der Waals surface area contributed by atoms with E-state index in [1.807, 2.05) is 24.3 Å². The van der Waals surface area contributed by atoms with Crippen molar-refractivity contribution in [3.8, 4) is 0 Å². The summed E-state index contributed by atoms with van der Waals surface area (Å²) in [5.41, 5.74) is 8.31. The number of hydrogen-bond donors (Lipinski definition) is 1. The van der Waals surface area contributed by atoms with Gasteiger partial charge < -0.3 is 10.6 Å². The van der Waals surface area contributed by atoms with Gasteiger partial charge in [-0.2, -0.15) is 0 Å². The van der Waals surface area contributed by atoms with E-state index in [9.17, 15) is 0 Å². The average Bonchev–Trinajstić information content (AvgIpc) is 2.85. The summed E-state index contributed by atoms with van der Waals surface area (Å²) in [5, 5.41) is 0. The van der Waals surface area contributed by atoms with Gasteiger partial charge in [0.15, 0.2) is 5.96 Å². The molecule has 2 aromatic rings. The monoisotopic (exact) mass is 393 g/mol. The van der Waals surface area contributed by atoms with Crippen LogP contribution in [0.3, 0.4) is 0 Å². The number of benzene rings is 2. The minimum absolute atomic E-state index is 0.141. The third-order valence-corrected chi connectivity index (χ3v) is 5.23. The molecule has 1 unspecified atom stereocenters. The SMILES string of the molecule is NC1=NCC(c2ccc(Br)c(Br)c2)N1c1ccccc1. The maximum Gasteiger partial charge on any atom is 0.196 e. The Morgan fingerprint density at radius 1 is 1.05 bits per heavy atom. The molecule has 1 aliphatic rings. The summed E-state index contributed by atoms with van der Waals surface area (Å²) < 4.78 is 2.08. The zero-order chi connectivity index (χ0) is 14.1. The largest absolute Gasteiger partial charge is 0.369 e. The fourth-order valence-corrected chi connectivity index (χ4v) is 3.02. The van der Waals surface area contributed by atoms with Gasteiger partial charge in [-0.15, -0.1) is 0 Å². The van der Waals surface area contributed by atoms with Crippen molar-refractivity contribution in [1.29, 1.82) is 0 Å². The van der Waals surface area contributed by atoms with Crippen LogP contribution in [0.5, 0.6) is 0 Å². The maximum absolute atomic E-state index is 6.06. The number of nitrogens with two attached hydrogens (primary N) is 1. The van der Waals surface area contributed by atoms with Crippen LogP contribution in [-0.4, -0.2) is 12.5 Å². The Balaban J connectivity index is 1.99. The van der Waals surface area contributed by atoms with Gasteiger partial charge in [0.1, 0.15) is 0 Å². The lowest BCUT2D eigenvalue weighted by atomic mass is 10.1. The molecule has 0 amide bonds. The van der Waals surface area contributed by atoms with Gasteiger partial charge in [-0.3, -0.25) is 4.99 Å². The van der Waals surface area contributed by atoms with Gasteiger partial charge in [-0.05, 0) is 61.7 Å². The lowest BCUT2D eigenvalue weighted by molar-refractivity contribution is 0.768. The first kappa shape index (κ1) is 13.6. The van der Waals surface area contributed by atoms with Crippen LogP contribution in [0.4, 0.5) is 5.69 Å². The molecule has 1 aliphatic heterocycles. The molecule has 0 aliphatic carbocycles. The standard InChI is InChI=1S/C15H13Br2N3/c16-12-7-6-10(8-13(12)17)14-9-19-15(18)20(14)11-4-2-1-3-5-11/h1-8,14H,9H2,(H2,18,19). The van der Waals surface area contributed by atoms with Crippen molar-refractivity contribution in [2.45, 2.75) is 6.04 Å². The Labute approximate surface area is 134 Å². The van der Waals surface area contributed by atoms with Crippen molar-refractivity contribution in [2.24, 2.45) is 10.7 Å². The van der Waals surface area contributed by atoms with Crippen LogP contribution in [0.15, 0.2) is 62.5 Å². The summed E-state index contributed by atoms with van der Waals surface area (Å²) in [7, 11) is 0. The van der Waals surface area contributed by atoms with Gasteiger partial charge in [-0.1, -0.05) is 24.3 Å². The zero-order valence-electron chi connectivity index (χ0n) is 10.6. The summed E-state index contributed by atoms with van der Waals surface area (Å²) in [5.74, 6) is 0.570. The second-order valence-corrected chi connectivity index (χ2v) is 6.30. The third-order valence-electron chi connectivity index (χ3n) is 3.35. The molecule has 0 saturated carbocycles. The molecule has 2 aromatic carbocycles. The molecule has 0 saturated heterocycles. The smallest absolute Gasteiger partial charge is 0.196 e. The van der Waals surface area contributed by atoms with Crippen LogP contribution >= 0.6 is 31.9 Å². The summed E-state index contributed by atoms with van der Waals surface area (Å²) in [6.45, 7) is 0.675. The molecule has 5 heteroatoms. The number of nitrogens with zero attached hydrogens (tertiary/aromatic N) is 2. The van der Waals surface area contributed by atoms with E-state index >= 15 is 0 Å². The Hall–Kier alpha value is -1.33. The molecule has 0 spiro atoms. The first-order valence-corrected chi connectivity index (χ1v) is 7.84. The van der Waals surface area contributed by atoms with Gasteiger partial charge in [0.25, 0.3) is 0 Å². The van der Waals surface area contributed by atoms with Crippen molar-refractivity contribution in [1.82, 2.24) is 0 Å². The Morgan fingerprint density at radius 2 is 1.80 bits per heavy atom. The van der Waals surface area contributed by atoms with E-state index in [-0.39, 0.29) is 6.04 Å². The van der Waals surface area contributed by atoms with Crippen molar-refractivity contribution < 1.29 is 0 Å². The molecule has 0 bridgehead atoms. The lowest BCUT2D eigenvalue weighted by Crippen LogP contribution is -2.36. The lowest BCUT2D eigenvalue weighted by Gasteiger charge is -2.26. The molecule has 1 atom stereocenters. The highest BCUT2D eigenvalue weighted by Crippen LogP contribution is 2.34. The Morgan fingerprint density at radius 3 is 2.50 bits per heavy atom. The summed E-state index contributed by atoms with van der Waals surface area (Å²) in [6, 6.07) is 16.5. The van der Waals surface area contributed by atoms with E-state index in [1.54, 1.807) is 0 Å². The van der Waals surface area contributed by atoms with Crippen molar-refractivity contribution in [3.63, 3.8) is 0 Å². The number of anilines is 1. The van der Waals surface area contributed by atoms with E-state index in [1.165, 1.54) is 5.56 Å². The van der Waals surface area contributed by atoms with Gasteiger partial charge in [0.05, 0.1) is 12.6 Å². The van der Waals surface area contributed by atoms with Crippen molar-refractivity contribution in [3.05, 3.63) is 63.0 Å². The molecule has 0 radical (unpaired) electrons. The van der Waals surface area contributed by atoms with Crippen LogP contribution in [0.1, 0.15) is 11.6 Å². The minimum Gasteiger partial charge on any atom is -0.369 e. The van der Waals surface area contributed by atoms with E-state index < -0.39 is 0 Å². The molecule has 3 rings (SSSR count). The minimum atomic E-state index is 0.141. The van der Waals surface area contributed by atoms with E-state index in [0.29, 0.717) is 12.5 Å². The van der Waals surface area contributed by atoms with Gasteiger partial charge in [-0.25, -0.2) is 0 Å². The van der Waals surface area contributed by atoms with Crippen LogP contribution in [0.25, 0.3) is 0 Å². The zero-order valence-corrected chi connectivity index (χ0v) is 13.8. The molecule has 3 nitrogen and oxygen atoms in total. The molecular weight excluding hydrogens is 382 g/mol. The highest BCUT2D eigenvalue weighted by molar-refractivity contribution is 9.13. The third kappa shape index (κ3) is 2.47. The van der Waals surface area contributed by atoms with Gasteiger partial charge in [0, 0.05) is 14.6 Å². The molecule has 0 fully saturated rings. The highest BCUT2D eigenvalue weighted by atomic mass is 79.9. The van der Waals surface area contributed by atoms with E-state index in [4.69, 9.17) is 5.73 Å². The molecule has 20 heavy (non-hydrogen) atoms. The van der Waals surface area contributed by atoms with Crippen LogP contribution in [-0.2, 0) is 0 Å². The predicted molar refractivity (Wildman–Crippen MR) is 90.0 cm³/mol. The number of guanidine groups is 1. The quantitative estimate of drug-likeness (QED) is 0.833. The summed E-state index contributed by atoms with van der Waals surface area (Å²) in [4.78, 5) is 6.48. The first-order valence-electron chi connectivity index (χ1n) is 6.26. The second kappa shape index (κ2) is 5.58.